The van der Waals surface area contributed by atoms with Gasteiger partial charge >= 0.3 is 5.97 Å². The number of nitrogens with zero attached hydrogens (tertiary/aromatic N) is 3. The van der Waals surface area contributed by atoms with Gasteiger partial charge in [0.05, 0.1) is 12.3 Å². The maximum absolute atomic E-state index is 12.4. The molecule has 2 heterocycles. The number of hydrogen-bond acceptors (Lipinski definition) is 6. The summed E-state index contributed by atoms with van der Waals surface area (Å²) in [4.78, 5) is 29.0. The van der Waals surface area contributed by atoms with Gasteiger partial charge in [-0.1, -0.05) is 61.5 Å². The van der Waals surface area contributed by atoms with Crippen molar-refractivity contribution in [3.8, 4) is 10.6 Å². The molecule has 6 nitrogen and oxygen atoms in total. The van der Waals surface area contributed by atoms with E-state index in [9.17, 15) is 9.59 Å². The van der Waals surface area contributed by atoms with Crippen LogP contribution < -0.4 is 0 Å². The van der Waals surface area contributed by atoms with Crippen molar-refractivity contribution in [2.24, 2.45) is 5.10 Å². The molecule has 1 aliphatic rings. The van der Waals surface area contributed by atoms with Gasteiger partial charge in [-0.05, 0) is 17.5 Å². The van der Waals surface area contributed by atoms with Gasteiger partial charge in [-0.25, -0.2) is 14.8 Å². The second-order valence-corrected chi connectivity index (χ2v) is 7.70. The third-order valence-corrected chi connectivity index (χ3v) is 5.74. The summed E-state index contributed by atoms with van der Waals surface area (Å²) in [6.45, 7) is 2.22. The SMILES string of the molecule is CCc1ccc(-c2nc(C(=O)OCC(=O)N3CCC(c4ccccc4)=N3)cs2)cc1. The van der Waals surface area contributed by atoms with Crippen molar-refractivity contribution in [3.05, 3.63) is 76.8 Å². The Labute approximate surface area is 178 Å². The highest BCUT2D eigenvalue weighted by Gasteiger charge is 2.23. The highest BCUT2D eigenvalue weighted by atomic mass is 32.1. The third-order valence-electron chi connectivity index (χ3n) is 4.85. The van der Waals surface area contributed by atoms with E-state index in [1.807, 2.05) is 54.6 Å². The number of hydrazone groups is 1. The lowest BCUT2D eigenvalue weighted by Gasteiger charge is -2.11. The number of ether oxygens (including phenoxy) is 1. The van der Waals surface area contributed by atoms with Crippen LogP contribution >= 0.6 is 11.3 Å². The van der Waals surface area contributed by atoms with E-state index in [0.29, 0.717) is 13.0 Å². The van der Waals surface area contributed by atoms with Gasteiger partial charge in [-0.3, -0.25) is 4.79 Å². The Hall–Kier alpha value is -3.32. The van der Waals surface area contributed by atoms with Gasteiger partial charge < -0.3 is 4.74 Å². The lowest BCUT2D eigenvalue weighted by Crippen LogP contribution is -2.28. The van der Waals surface area contributed by atoms with Gasteiger partial charge in [0.2, 0.25) is 0 Å². The zero-order valence-corrected chi connectivity index (χ0v) is 17.4. The first kappa shape index (κ1) is 20.0. The molecule has 0 N–H and O–H groups in total. The molecule has 0 saturated heterocycles. The van der Waals surface area contributed by atoms with Gasteiger partial charge in [0.25, 0.3) is 5.91 Å². The highest BCUT2D eigenvalue weighted by Crippen LogP contribution is 2.24. The molecule has 0 bridgehead atoms. The second kappa shape index (κ2) is 9.00. The first-order valence-corrected chi connectivity index (χ1v) is 10.7. The molecule has 1 aromatic heterocycles. The molecule has 0 unspecified atom stereocenters. The molecule has 3 aromatic rings. The quantitative estimate of drug-likeness (QED) is 0.562. The number of thiazole rings is 1. The number of aromatic nitrogens is 1. The summed E-state index contributed by atoms with van der Waals surface area (Å²) in [6.07, 6.45) is 1.65. The average molecular weight is 420 g/mol. The summed E-state index contributed by atoms with van der Waals surface area (Å²) in [7, 11) is 0. The fourth-order valence-corrected chi connectivity index (χ4v) is 3.92. The van der Waals surface area contributed by atoms with Crippen molar-refractivity contribution in [1.29, 1.82) is 0 Å². The average Bonchev–Trinajstić information content (AvgIpc) is 3.48. The number of rotatable bonds is 6. The van der Waals surface area contributed by atoms with Crippen molar-refractivity contribution >= 4 is 28.9 Å². The number of carbonyl (C=O) groups is 2. The molecule has 1 amide bonds. The zero-order chi connectivity index (χ0) is 20.9. The van der Waals surface area contributed by atoms with Crippen LogP contribution in [0, 0.1) is 0 Å². The first-order valence-electron chi connectivity index (χ1n) is 9.79. The van der Waals surface area contributed by atoms with Gasteiger partial charge in [-0.2, -0.15) is 5.10 Å². The van der Waals surface area contributed by atoms with E-state index >= 15 is 0 Å². The topological polar surface area (TPSA) is 71.9 Å². The van der Waals surface area contributed by atoms with Gasteiger partial charge in [0.15, 0.2) is 12.3 Å². The fourth-order valence-electron chi connectivity index (χ4n) is 3.13. The maximum atomic E-state index is 12.4. The van der Waals surface area contributed by atoms with Crippen LogP contribution in [-0.4, -0.2) is 40.7 Å². The van der Waals surface area contributed by atoms with Crippen LogP contribution in [0.1, 0.15) is 35.0 Å². The molecule has 152 valence electrons. The third kappa shape index (κ3) is 4.46. The van der Waals surface area contributed by atoms with Crippen LogP contribution in [0.5, 0.6) is 0 Å². The minimum absolute atomic E-state index is 0.206. The number of aryl methyl sites for hydroxylation is 1. The highest BCUT2D eigenvalue weighted by molar-refractivity contribution is 7.13. The number of benzene rings is 2. The number of esters is 1. The lowest BCUT2D eigenvalue weighted by atomic mass is 10.1. The van der Waals surface area contributed by atoms with Gasteiger partial charge in [0, 0.05) is 17.4 Å². The van der Waals surface area contributed by atoms with E-state index in [0.717, 1.165) is 28.3 Å². The van der Waals surface area contributed by atoms with E-state index in [2.05, 4.69) is 17.0 Å². The molecule has 2 aromatic carbocycles. The molecule has 0 radical (unpaired) electrons. The predicted molar refractivity (Wildman–Crippen MR) is 117 cm³/mol. The van der Waals surface area contributed by atoms with Crippen molar-refractivity contribution < 1.29 is 14.3 Å². The van der Waals surface area contributed by atoms with E-state index in [4.69, 9.17) is 4.74 Å². The van der Waals surface area contributed by atoms with Crippen LogP contribution in [0.2, 0.25) is 0 Å². The summed E-state index contributed by atoms with van der Waals surface area (Å²) in [5.41, 5.74) is 4.25. The molecule has 0 aliphatic carbocycles. The summed E-state index contributed by atoms with van der Waals surface area (Å²) in [6, 6.07) is 17.8. The molecule has 0 atom stereocenters. The number of hydrogen-bond donors (Lipinski definition) is 0. The summed E-state index contributed by atoms with van der Waals surface area (Å²) in [5.74, 6) is -0.956. The monoisotopic (exact) mass is 419 g/mol. The second-order valence-electron chi connectivity index (χ2n) is 6.84. The minimum Gasteiger partial charge on any atom is -0.451 e. The van der Waals surface area contributed by atoms with E-state index in [-0.39, 0.29) is 18.2 Å². The van der Waals surface area contributed by atoms with Crippen molar-refractivity contribution in [2.45, 2.75) is 19.8 Å². The van der Waals surface area contributed by atoms with E-state index in [1.165, 1.54) is 21.9 Å². The lowest BCUT2D eigenvalue weighted by molar-refractivity contribution is -0.134. The maximum Gasteiger partial charge on any atom is 0.358 e. The Morgan fingerprint density at radius 3 is 2.57 bits per heavy atom. The van der Waals surface area contributed by atoms with Gasteiger partial charge in [0.1, 0.15) is 5.01 Å². The summed E-state index contributed by atoms with van der Waals surface area (Å²) >= 11 is 1.37. The van der Waals surface area contributed by atoms with Crippen molar-refractivity contribution in [1.82, 2.24) is 9.99 Å². The van der Waals surface area contributed by atoms with Crippen molar-refractivity contribution in [2.75, 3.05) is 13.2 Å². The fraction of sp³-hybridized carbons (Fsp3) is 0.217. The minimum atomic E-state index is -0.609. The molecule has 0 spiro atoms. The molecular weight excluding hydrogens is 398 g/mol. The number of amides is 1. The normalized spacial score (nSPS) is 13.2. The molecular formula is C23H21N3O3S. The Morgan fingerprint density at radius 2 is 1.83 bits per heavy atom. The molecule has 4 rings (SSSR count). The Balaban J connectivity index is 1.34. The Bertz CT molecular complexity index is 1070. The first-order chi connectivity index (χ1) is 14.6. The molecule has 7 heteroatoms. The molecule has 1 aliphatic heterocycles. The van der Waals surface area contributed by atoms with Crippen LogP contribution in [0.15, 0.2) is 65.1 Å². The van der Waals surface area contributed by atoms with E-state index in [1.54, 1.807) is 5.38 Å². The van der Waals surface area contributed by atoms with Crippen molar-refractivity contribution in [3.63, 3.8) is 0 Å². The standard InChI is InChI=1S/C23H21N3O3S/c1-2-16-8-10-18(11-9-16)22-24-20(15-30-22)23(28)29-14-21(27)26-13-12-19(25-26)17-6-4-3-5-7-17/h3-11,15H,2,12-14H2,1H3. The molecule has 0 saturated carbocycles. The Kier molecular flexibility index (Phi) is 5.99. The van der Waals surface area contributed by atoms with E-state index < -0.39 is 5.97 Å². The molecule has 30 heavy (non-hydrogen) atoms. The van der Waals surface area contributed by atoms with Crippen LogP contribution in [-0.2, 0) is 16.0 Å². The smallest absolute Gasteiger partial charge is 0.358 e. The van der Waals surface area contributed by atoms with Crippen LogP contribution in [0.4, 0.5) is 0 Å². The molecule has 0 fully saturated rings. The zero-order valence-electron chi connectivity index (χ0n) is 16.6. The van der Waals surface area contributed by atoms with Crippen LogP contribution in [0.25, 0.3) is 10.6 Å². The predicted octanol–water partition coefficient (Wildman–Crippen LogP) is 4.17. The van der Waals surface area contributed by atoms with Gasteiger partial charge in [-0.15, -0.1) is 11.3 Å². The van der Waals surface area contributed by atoms with Crippen LogP contribution in [0.3, 0.4) is 0 Å². The summed E-state index contributed by atoms with van der Waals surface area (Å²) < 4.78 is 5.17. The summed E-state index contributed by atoms with van der Waals surface area (Å²) in [5, 5.41) is 8.11. The largest absolute Gasteiger partial charge is 0.451 e. The number of carbonyl (C=O) groups excluding carboxylic acids is 2. The Morgan fingerprint density at radius 1 is 1.07 bits per heavy atom.